The van der Waals surface area contributed by atoms with E-state index in [2.05, 4.69) is 20.2 Å². The van der Waals surface area contributed by atoms with Crippen molar-refractivity contribution in [3.63, 3.8) is 0 Å². The highest BCUT2D eigenvalue weighted by atomic mass is 16.1. The van der Waals surface area contributed by atoms with Crippen LogP contribution in [0.5, 0.6) is 0 Å². The van der Waals surface area contributed by atoms with Crippen LogP contribution in [0.3, 0.4) is 0 Å². The molecule has 0 saturated carbocycles. The average molecular weight is 296 g/mol. The summed E-state index contributed by atoms with van der Waals surface area (Å²) in [6.45, 7) is 2.47. The molecule has 1 aromatic heterocycles. The van der Waals surface area contributed by atoms with Gasteiger partial charge in [0.05, 0.1) is 18.7 Å². The van der Waals surface area contributed by atoms with Crippen molar-refractivity contribution in [3.05, 3.63) is 53.9 Å². The van der Waals surface area contributed by atoms with Crippen LogP contribution in [0.1, 0.15) is 24.1 Å². The Morgan fingerprint density at radius 1 is 1.14 bits per heavy atom. The quantitative estimate of drug-likeness (QED) is 0.916. The van der Waals surface area contributed by atoms with E-state index in [1.165, 1.54) is 12.8 Å². The van der Waals surface area contributed by atoms with E-state index in [0.717, 1.165) is 30.3 Å². The van der Waals surface area contributed by atoms with Gasteiger partial charge in [-0.3, -0.25) is 4.79 Å². The molecule has 1 aromatic carbocycles. The van der Waals surface area contributed by atoms with Gasteiger partial charge < -0.3 is 10.2 Å². The minimum atomic E-state index is 0.00698. The zero-order valence-electron chi connectivity index (χ0n) is 12.5. The molecule has 1 fully saturated rings. The van der Waals surface area contributed by atoms with Crippen LogP contribution < -0.4 is 10.2 Å². The number of hydrogen-bond donors (Lipinski definition) is 1. The molecular weight excluding hydrogens is 276 g/mol. The number of benzene rings is 1. The van der Waals surface area contributed by atoms with Gasteiger partial charge in [-0.25, -0.2) is 9.97 Å². The summed E-state index contributed by atoms with van der Waals surface area (Å²) in [6.07, 6.45) is 4.55. The number of rotatable bonds is 5. The standard InChI is InChI=1S/C17H20N4O/c22-16(12-14-6-2-1-3-7-14)19-13-15-8-9-18-17(20-15)21-10-4-5-11-21/h1-3,6-9H,4-5,10-13H2,(H,19,22). The van der Waals surface area contributed by atoms with Crippen molar-refractivity contribution in [1.29, 1.82) is 0 Å². The lowest BCUT2D eigenvalue weighted by molar-refractivity contribution is -0.120. The van der Waals surface area contributed by atoms with E-state index in [4.69, 9.17) is 0 Å². The van der Waals surface area contributed by atoms with Gasteiger partial charge in [0.2, 0.25) is 11.9 Å². The summed E-state index contributed by atoms with van der Waals surface area (Å²) in [5, 5.41) is 2.92. The van der Waals surface area contributed by atoms with Crippen LogP contribution >= 0.6 is 0 Å². The van der Waals surface area contributed by atoms with Crippen LogP contribution in [0.2, 0.25) is 0 Å². The third-order valence-electron chi connectivity index (χ3n) is 3.76. The number of hydrogen-bond acceptors (Lipinski definition) is 4. The van der Waals surface area contributed by atoms with E-state index in [0.29, 0.717) is 13.0 Å². The second-order valence-corrected chi connectivity index (χ2v) is 5.48. The monoisotopic (exact) mass is 296 g/mol. The molecule has 114 valence electrons. The second-order valence-electron chi connectivity index (χ2n) is 5.48. The van der Waals surface area contributed by atoms with E-state index < -0.39 is 0 Å². The van der Waals surface area contributed by atoms with Gasteiger partial charge in [-0.1, -0.05) is 30.3 Å². The summed E-state index contributed by atoms with van der Waals surface area (Å²) in [5.74, 6) is 0.778. The van der Waals surface area contributed by atoms with Gasteiger partial charge in [0, 0.05) is 19.3 Å². The Kier molecular flexibility index (Phi) is 4.63. The fraction of sp³-hybridized carbons (Fsp3) is 0.353. The fourth-order valence-electron chi connectivity index (χ4n) is 2.59. The molecule has 0 radical (unpaired) electrons. The normalized spacial score (nSPS) is 14.1. The van der Waals surface area contributed by atoms with Crippen LogP contribution in [-0.4, -0.2) is 29.0 Å². The number of nitrogens with zero attached hydrogens (tertiary/aromatic N) is 3. The van der Waals surface area contributed by atoms with Crippen LogP contribution in [0, 0.1) is 0 Å². The predicted octanol–water partition coefficient (Wildman–Crippen LogP) is 1.94. The molecule has 5 nitrogen and oxygen atoms in total. The molecule has 1 aliphatic rings. The van der Waals surface area contributed by atoms with E-state index in [-0.39, 0.29) is 5.91 Å². The van der Waals surface area contributed by atoms with Gasteiger partial charge in [0.1, 0.15) is 0 Å². The van der Waals surface area contributed by atoms with Crippen molar-refractivity contribution in [2.75, 3.05) is 18.0 Å². The van der Waals surface area contributed by atoms with Gasteiger partial charge in [0.15, 0.2) is 0 Å². The largest absolute Gasteiger partial charge is 0.350 e. The van der Waals surface area contributed by atoms with Crippen molar-refractivity contribution in [3.8, 4) is 0 Å². The zero-order valence-corrected chi connectivity index (χ0v) is 12.5. The Labute approximate surface area is 130 Å². The Balaban J connectivity index is 1.54. The first-order valence-electron chi connectivity index (χ1n) is 7.69. The van der Waals surface area contributed by atoms with E-state index in [9.17, 15) is 4.79 Å². The molecule has 3 rings (SSSR count). The van der Waals surface area contributed by atoms with Gasteiger partial charge >= 0.3 is 0 Å². The van der Waals surface area contributed by atoms with E-state index in [1.54, 1.807) is 6.20 Å². The van der Waals surface area contributed by atoms with Gasteiger partial charge in [-0.05, 0) is 24.5 Å². The number of carbonyl (C=O) groups is 1. The summed E-state index contributed by atoms with van der Waals surface area (Å²) < 4.78 is 0. The summed E-state index contributed by atoms with van der Waals surface area (Å²) in [7, 11) is 0. The maximum Gasteiger partial charge on any atom is 0.225 e. The maximum absolute atomic E-state index is 12.0. The first kappa shape index (κ1) is 14.5. The van der Waals surface area contributed by atoms with E-state index in [1.807, 2.05) is 36.4 Å². The minimum absolute atomic E-state index is 0.00698. The Bertz CT molecular complexity index is 624. The molecular formula is C17H20N4O. The van der Waals surface area contributed by atoms with E-state index >= 15 is 0 Å². The van der Waals surface area contributed by atoms with Crippen molar-refractivity contribution >= 4 is 11.9 Å². The maximum atomic E-state index is 12.0. The highest BCUT2D eigenvalue weighted by Crippen LogP contribution is 2.15. The van der Waals surface area contributed by atoms with Crippen LogP contribution in [0.4, 0.5) is 5.95 Å². The van der Waals surface area contributed by atoms with Crippen molar-refractivity contribution in [2.24, 2.45) is 0 Å². The van der Waals surface area contributed by atoms with Crippen molar-refractivity contribution < 1.29 is 4.79 Å². The molecule has 1 N–H and O–H groups in total. The lowest BCUT2D eigenvalue weighted by atomic mass is 10.1. The lowest BCUT2D eigenvalue weighted by Gasteiger charge is -2.15. The highest BCUT2D eigenvalue weighted by molar-refractivity contribution is 5.78. The van der Waals surface area contributed by atoms with Gasteiger partial charge in [-0.2, -0.15) is 0 Å². The predicted molar refractivity (Wildman–Crippen MR) is 85.5 cm³/mol. The van der Waals surface area contributed by atoms with Gasteiger partial charge in [-0.15, -0.1) is 0 Å². The molecule has 1 saturated heterocycles. The summed E-state index contributed by atoms with van der Waals surface area (Å²) in [6, 6.07) is 11.6. The molecule has 2 aromatic rings. The topological polar surface area (TPSA) is 58.1 Å². The summed E-state index contributed by atoms with van der Waals surface area (Å²) in [4.78, 5) is 23.0. The molecule has 5 heteroatoms. The third-order valence-corrected chi connectivity index (χ3v) is 3.76. The van der Waals surface area contributed by atoms with Gasteiger partial charge in [0.25, 0.3) is 0 Å². The average Bonchev–Trinajstić information content (AvgIpc) is 3.09. The van der Waals surface area contributed by atoms with Crippen LogP contribution in [0.25, 0.3) is 0 Å². The molecule has 1 aliphatic heterocycles. The Hall–Kier alpha value is -2.43. The number of anilines is 1. The summed E-state index contributed by atoms with van der Waals surface area (Å²) >= 11 is 0. The third kappa shape index (κ3) is 3.81. The highest BCUT2D eigenvalue weighted by Gasteiger charge is 2.15. The Morgan fingerprint density at radius 3 is 2.68 bits per heavy atom. The smallest absolute Gasteiger partial charge is 0.225 e. The second kappa shape index (κ2) is 7.02. The lowest BCUT2D eigenvalue weighted by Crippen LogP contribution is -2.26. The number of amides is 1. The minimum Gasteiger partial charge on any atom is -0.350 e. The molecule has 0 bridgehead atoms. The Morgan fingerprint density at radius 2 is 1.91 bits per heavy atom. The molecule has 2 heterocycles. The number of nitrogens with one attached hydrogen (secondary N) is 1. The summed E-state index contributed by atoms with van der Waals surface area (Å²) in [5.41, 5.74) is 1.86. The van der Waals surface area contributed by atoms with Crippen molar-refractivity contribution in [1.82, 2.24) is 15.3 Å². The first-order chi connectivity index (χ1) is 10.8. The van der Waals surface area contributed by atoms with Crippen LogP contribution in [0.15, 0.2) is 42.6 Å². The zero-order chi connectivity index (χ0) is 15.2. The van der Waals surface area contributed by atoms with Crippen molar-refractivity contribution in [2.45, 2.75) is 25.8 Å². The molecule has 0 aliphatic carbocycles. The fourth-order valence-corrected chi connectivity index (χ4v) is 2.59. The molecule has 22 heavy (non-hydrogen) atoms. The molecule has 0 spiro atoms. The molecule has 0 unspecified atom stereocenters. The number of aromatic nitrogens is 2. The number of carbonyl (C=O) groups excluding carboxylic acids is 1. The first-order valence-corrected chi connectivity index (χ1v) is 7.69. The van der Waals surface area contributed by atoms with Crippen LogP contribution in [-0.2, 0) is 17.8 Å². The molecule has 1 amide bonds. The SMILES string of the molecule is O=C(Cc1ccccc1)NCc1ccnc(N2CCCC2)n1. The molecule has 0 atom stereocenters.